The van der Waals surface area contributed by atoms with Crippen molar-refractivity contribution in [3.8, 4) is 22.3 Å². The van der Waals surface area contributed by atoms with Crippen molar-refractivity contribution in [1.82, 2.24) is 4.98 Å². The molecule has 23 heavy (non-hydrogen) atoms. The molecule has 0 radical (unpaired) electrons. The molecule has 4 aromatic rings. The number of aryl methyl sites for hydroxylation is 1. The van der Waals surface area contributed by atoms with Gasteiger partial charge >= 0.3 is 0 Å². The van der Waals surface area contributed by atoms with Crippen molar-refractivity contribution < 1.29 is 0 Å². The lowest BCUT2D eigenvalue weighted by molar-refractivity contribution is 1.39. The molecular formula is C22H17N. The Labute approximate surface area is 136 Å². The third kappa shape index (κ3) is 2.51. The molecule has 0 unspecified atom stereocenters. The van der Waals surface area contributed by atoms with Gasteiger partial charge in [-0.3, -0.25) is 4.98 Å². The molecule has 0 saturated heterocycles. The number of hydrogen-bond acceptors (Lipinski definition) is 1. The van der Waals surface area contributed by atoms with Crippen LogP contribution in [0.2, 0.25) is 0 Å². The third-order valence-corrected chi connectivity index (χ3v) is 4.17. The zero-order chi connectivity index (χ0) is 15.6. The van der Waals surface area contributed by atoms with Crippen molar-refractivity contribution in [2.75, 3.05) is 0 Å². The highest BCUT2D eigenvalue weighted by Crippen LogP contribution is 2.37. The van der Waals surface area contributed by atoms with E-state index in [1.807, 2.05) is 12.3 Å². The van der Waals surface area contributed by atoms with E-state index in [2.05, 4.69) is 84.7 Å². The Morgan fingerprint density at radius 3 is 2.04 bits per heavy atom. The summed E-state index contributed by atoms with van der Waals surface area (Å²) in [6.07, 6.45) is 2.00. The summed E-state index contributed by atoms with van der Waals surface area (Å²) >= 11 is 0. The van der Waals surface area contributed by atoms with Crippen LogP contribution in [0.5, 0.6) is 0 Å². The summed E-state index contributed by atoms with van der Waals surface area (Å²) in [7, 11) is 0. The minimum atomic E-state index is 1.04. The molecule has 3 aromatic carbocycles. The van der Waals surface area contributed by atoms with Gasteiger partial charge in [-0.1, -0.05) is 72.3 Å². The standard InChI is InChI=1S/C22H17N/c1-16-12-13-21-19(14-16)22(18-10-6-3-7-11-18)20(15-23-21)17-8-4-2-5-9-17/h2-15H,1H3. The minimum Gasteiger partial charge on any atom is -0.256 e. The highest BCUT2D eigenvalue weighted by Gasteiger charge is 2.12. The number of fused-ring (bicyclic) bond motifs is 1. The van der Waals surface area contributed by atoms with Gasteiger partial charge in [-0.05, 0) is 30.2 Å². The molecule has 0 fully saturated rings. The van der Waals surface area contributed by atoms with Gasteiger partial charge in [-0.2, -0.15) is 0 Å². The molecule has 0 amide bonds. The van der Waals surface area contributed by atoms with Gasteiger partial charge in [0.25, 0.3) is 0 Å². The Balaban J connectivity index is 2.11. The second kappa shape index (κ2) is 5.69. The normalized spacial score (nSPS) is 10.8. The molecule has 0 aliphatic carbocycles. The van der Waals surface area contributed by atoms with Crippen LogP contribution in [-0.2, 0) is 0 Å². The first-order valence-corrected chi connectivity index (χ1v) is 7.83. The third-order valence-electron chi connectivity index (χ3n) is 4.17. The molecule has 0 bridgehead atoms. The highest BCUT2D eigenvalue weighted by atomic mass is 14.7. The molecule has 0 aliphatic heterocycles. The summed E-state index contributed by atoms with van der Waals surface area (Å²) in [5.41, 5.74) is 7.14. The van der Waals surface area contributed by atoms with Crippen LogP contribution in [0.1, 0.15) is 5.56 Å². The van der Waals surface area contributed by atoms with E-state index in [-0.39, 0.29) is 0 Å². The van der Waals surface area contributed by atoms with Crippen molar-refractivity contribution in [2.45, 2.75) is 6.92 Å². The first kappa shape index (κ1) is 13.7. The number of hydrogen-bond donors (Lipinski definition) is 0. The van der Waals surface area contributed by atoms with E-state index in [1.54, 1.807) is 0 Å². The number of pyridine rings is 1. The molecule has 1 heteroatoms. The smallest absolute Gasteiger partial charge is 0.0708 e. The van der Waals surface area contributed by atoms with E-state index in [0.717, 1.165) is 5.52 Å². The zero-order valence-electron chi connectivity index (χ0n) is 13.0. The Morgan fingerprint density at radius 1 is 0.696 bits per heavy atom. The second-order valence-electron chi connectivity index (χ2n) is 5.80. The van der Waals surface area contributed by atoms with E-state index in [1.165, 1.54) is 33.2 Å². The maximum atomic E-state index is 4.68. The molecule has 1 heterocycles. The fourth-order valence-electron chi connectivity index (χ4n) is 3.06. The van der Waals surface area contributed by atoms with Crippen LogP contribution in [0.15, 0.2) is 85.1 Å². The Hall–Kier alpha value is -2.93. The van der Waals surface area contributed by atoms with E-state index >= 15 is 0 Å². The van der Waals surface area contributed by atoms with Gasteiger partial charge in [0.05, 0.1) is 5.52 Å². The largest absolute Gasteiger partial charge is 0.256 e. The van der Waals surface area contributed by atoms with E-state index in [4.69, 9.17) is 0 Å². The van der Waals surface area contributed by atoms with E-state index < -0.39 is 0 Å². The van der Waals surface area contributed by atoms with Gasteiger partial charge < -0.3 is 0 Å². The quantitative estimate of drug-likeness (QED) is 0.450. The maximum Gasteiger partial charge on any atom is 0.0708 e. The molecule has 0 saturated carbocycles. The number of nitrogens with zero attached hydrogens (tertiary/aromatic N) is 1. The van der Waals surface area contributed by atoms with Crippen LogP contribution in [0, 0.1) is 6.92 Å². The van der Waals surface area contributed by atoms with Gasteiger partial charge in [-0.25, -0.2) is 0 Å². The Bertz CT molecular complexity index is 957. The van der Waals surface area contributed by atoms with Crippen LogP contribution < -0.4 is 0 Å². The zero-order valence-corrected chi connectivity index (χ0v) is 13.0. The fourth-order valence-corrected chi connectivity index (χ4v) is 3.06. The van der Waals surface area contributed by atoms with Crippen LogP contribution in [-0.4, -0.2) is 4.98 Å². The van der Waals surface area contributed by atoms with Crippen LogP contribution >= 0.6 is 0 Å². The van der Waals surface area contributed by atoms with E-state index in [9.17, 15) is 0 Å². The summed E-state index contributed by atoms with van der Waals surface area (Å²) in [5, 5.41) is 1.21. The Morgan fingerprint density at radius 2 is 1.35 bits per heavy atom. The molecule has 1 aromatic heterocycles. The van der Waals surface area contributed by atoms with Gasteiger partial charge in [0.15, 0.2) is 0 Å². The van der Waals surface area contributed by atoms with Gasteiger partial charge in [0, 0.05) is 22.7 Å². The lowest BCUT2D eigenvalue weighted by Gasteiger charge is -2.14. The maximum absolute atomic E-state index is 4.68. The minimum absolute atomic E-state index is 1.04. The fraction of sp³-hybridized carbons (Fsp3) is 0.0455. The molecule has 0 atom stereocenters. The SMILES string of the molecule is Cc1ccc2ncc(-c3ccccc3)c(-c3ccccc3)c2c1. The molecule has 1 nitrogen and oxygen atoms in total. The van der Waals surface area contributed by atoms with Crippen LogP contribution in [0.25, 0.3) is 33.2 Å². The first-order valence-electron chi connectivity index (χ1n) is 7.83. The monoisotopic (exact) mass is 295 g/mol. The first-order chi connectivity index (χ1) is 11.3. The summed E-state index contributed by atoms with van der Waals surface area (Å²) in [5.74, 6) is 0. The highest BCUT2D eigenvalue weighted by molar-refractivity contribution is 6.02. The molecule has 110 valence electrons. The van der Waals surface area contributed by atoms with Crippen molar-refractivity contribution >= 4 is 10.9 Å². The molecule has 4 rings (SSSR count). The van der Waals surface area contributed by atoms with Crippen molar-refractivity contribution in [1.29, 1.82) is 0 Å². The predicted molar refractivity (Wildman–Crippen MR) is 97.4 cm³/mol. The molecular weight excluding hydrogens is 278 g/mol. The van der Waals surface area contributed by atoms with Gasteiger partial charge in [-0.15, -0.1) is 0 Å². The topological polar surface area (TPSA) is 12.9 Å². The Kier molecular flexibility index (Phi) is 3.39. The molecule has 0 spiro atoms. The summed E-state index contributed by atoms with van der Waals surface area (Å²) in [6.45, 7) is 2.13. The molecule has 0 N–H and O–H groups in total. The van der Waals surface area contributed by atoms with Crippen molar-refractivity contribution in [3.63, 3.8) is 0 Å². The number of rotatable bonds is 2. The molecule has 0 aliphatic rings. The van der Waals surface area contributed by atoms with Gasteiger partial charge in [0.1, 0.15) is 0 Å². The lowest BCUT2D eigenvalue weighted by Crippen LogP contribution is -1.91. The lowest BCUT2D eigenvalue weighted by atomic mass is 9.92. The number of benzene rings is 3. The van der Waals surface area contributed by atoms with Crippen molar-refractivity contribution in [3.05, 3.63) is 90.6 Å². The van der Waals surface area contributed by atoms with Gasteiger partial charge in [0.2, 0.25) is 0 Å². The summed E-state index contributed by atoms with van der Waals surface area (Å²) < 4.78 is 0. The summed E-state index contributed by atoms with van der Waals surface area (Å²) in [4.78, 5) is 4.68. The van der Waals surface area contributed by atoms with Crippen LogP contribution in [0.4, 0.5) is 0 Å². The average molecular weight is 295 g/mol. The average Bonchev–Trinajstić information content (AvgIpc) is 2.62. The second-order valence-corrected chi connectivity index (χ2v) is 5.80. The van der Waals surface area contributed by atoms with E-state index in [0.29, 0.717) is 0 Å². The van der Waals surface area contributed by atoms with Crippen molar-refractivity contribution in [2.24, 2.45) is 0 Å². The predicted octanol–water partition coefficient (Wildman–Crippen LogP) is 5.88. The van der Waals surface area contributed by atoms with Crippen LogP contribution in [0.3, 0.4) is 0 Å². The number of aromatic nitrogens is 1. The summed E-state index contributed by atoms with van der Waals surface area (Å²) in [6, 6.07) is 27.5.